The van der Waals surface area contributed by atoms with Crippen molar-refractivity contribution in [2.24, 2.45) is 0 Å². The molecule has 0 spiro atoms. The van der Waals surface area contributed by atoms with Crippen molar-refractivity contribution in [3.05, 3.63) is 29.8 Å². The summed E-state index contributed by atoms with van der Waals surface area (Å²) in [4.78, 5) is 12.4. The summed E-state index contributed by atoms with van der Waals surface area (Å²) < 4.78 is 31.0. The third-order valence-corrected chi connectivity index (χ3v) is 6.27. The standard InChI is InChI=1S/C17H26N2O4S/c1-3-13-24(21,22)19-12-4-5-16(19)17(20)18-11-10-14-6-8-15(23-2)9-7-14/h6-9,16H,3-5,10-13H2,1-2H3,(H,18,20). The maximum absolute atomic E-state index is 12.4. The minimum Gasteiger partial charge on any atom is -0.497 e. The minimum absolute atomic E-state index is 0.0998. The topological polar surface area (TPSA) is 75.7 Å². The van der Waals surface area contributed by atoms with E-state index in [1.807, 2.05) is 31.2 Å². The second-order valence-corrected chi connectivity index (χ2v) is 8.01. The Bertz CT molecular complexity index is 643. The van der Waals surface area contributed by atoms with E-state index in [1.54, 1.807) is 7.11 Å². The van der Waals surface area contributed by atoms with Crippen LogP contribution in [0.5, 0.6) is 5.75 Å². The second kappa shape index (κ2) is 8.48. The molecule has 7 heteroatoms. The van der Waals surface area contributed by atoms with Crippen LogP contribution in [0.3, 0.4) is 0 Å². The van der Waals surface area contributed by atoms with Gasteiger partial charge in [0, 0.05) is 13.1 Å². The molecule has 0 bridgehead atoms. The average molecular weight is 354 g/mol. The lowest BCUT2D eigenvalue weighted by Gasteiger charge is -2.23. The molecule has 1 atom stereocenters. The van der Waals surface area contributed by atoms with Crippen LogP contribution in [-0.2, 0) is 21.2 Å². The van der Waals surface area contributed by atoms with Crippen LogP contribution in [0.15, 0.2) is 24.3 Å². The molecule has 1 aromatic rings. The average Bonchev–Trinajstić information content (AvgIpc) is 3.06. The summed E-state index contributed by atoms with van der Waals surface area (Å²) in [7, 11) is -1.71. The van der Waals surface area contributed by atoms with Gasteiger partial charge in [-0.15, -0.1) is 0 Å². The van der Waals surface area contributed by atoms with Crippen molar-refractivity contribution >= 4 is 15.9 Å². The van der Waals surface area contributed by atoms with Crippen molar-refractivity contribution in [1.82, 2.24) is 9.62 Å². The van der Waals surface area contributed by atoms with Gasteiger partial charge in [-0.2, -0.15) is 4.31 Å². The molecule has 1 N–H and O–H groups in total. The van der Waals surface area contributed by atoms with Crippen LogP contribution in [0.25, 0.3) is 0 Å². The van der Waals surface area contributed by atoms with Gasteiger partial charge in [0.05, 0.1) is 12.9 Å². The number of amides is 1. The van der Waals surface area contributed by atoms with Gasteiger partial charge in [0.15, 0.2) is 0 Å². The molecule has 6 nitrogen and oxygen atoms in total. The van der Waals surface area contributed by atoms with E-state index in [2.05, 4.69) is 5.32 Å². The summed E-state index contributed by atoms with van der Waals surface area (Å²) in [6.45, 7) is 2.76. The van der Waals surface area contributed by atoms with E-state index in [9.17, 15) is 13.2 Å². The van der Waals surface area contributed by atoms with Gasteiger partial charge in [0.25, 0.3) is 0 Å². The summed E-state index contributed by atoms with van der Waals surface area (Å²) in [5, 5.41) is 2.87. The predicted octanol–water partition coefficient (Wildman–Crippen LogP) is 1.56. The van der Waals surface area contributed by atoms with Crippen LogP contribution < -0.4 is 10.1 Å². The van der Waals surface area contributed by atoms with Crippen LogP contribution in [0.4, 0.5) is 0 Å². The van der Waals surface area contributed by atoms with Crippen molar-refractivity contribution in [2.45, 2.75) is 38.6 Å². The number of nitrogens with one attached hydrogen (secondary N) is 1. The maximum atomic E-state index is 12.4. The fraction of sp³-hybridized carbons (Fsp3) is 0.588. The summed E-state index contributed by atoms with van der Waals surface area (Å²) in [5.74, 6) is 0.703. The molecule has 1 amide bonds. The first-order chi connectivity index (χ1) is 11.5. The zero-order valence-corrected chi connectivity index (χ0v) is 15.1. The van der Waals surface area contributed by atoms with Gasteiger partial charge in [0.2, 0.25) is 15.9 Å². The number of ether oxygens (including phenoxy) is 1. The lowest BCUT2D eigenvalue weighted by molar-refractivity contribution is -0.124. The largest absolute Gasteiger partial charge is 0.497 e. The van der Waals surface area contributed by atoms with Crippen molar-refractivity contribution in [3.8, 4) is 5.75 Å². The molecule has 0 saturated carbocycles. The Balaban J connectivity index is 1.87. The first kappa shape index (κ1) is 18.7. The van der Waals surface area contributed by atoms with Gasteiger partial charge >= 0.3 is 0 Å². The van der Waals surface area contributed by atoms with Gasteiger partial charge in [-0.05, 0) is 43.4 Å². The van der Waals surface area contributed by atoms with Gasteiger partial charge < -0.3 is 10.1 Å². The normalized spacial score (nSPS) is 18.5. The number of carbonyl (C=O) groups is 1. The molecule has 0 radical (unpaired) electrons. The minimum atomic E-state index is -3.33. The van der Waals surface area contributed by atoms with Gasteiger partial charge in [-0.25, -0.2) is 8.42 Å². The van der Waals surface area contributed by atoms with E-state index in [0.717, 1.165) is 17.7 Å². The molecule has 24 heavy (non-hydrogen) atoms. The Morgan fingerprint density at radius 3 is 2.67 bits per heavy atom. The number of sulfonamides is 1. The highest BCUT2D eigenvalue weighted by Crippen LogP contribution is 2.22. The molecule has 1 aliphatic heterocycles. The van der Waals surface area contributed by atoms with Crippen molar-refractivity contribution in [2.75, 3.05) is 26.0 Å². The first-order valence-corrected chi connectivity index (χ1v) is 9.99. The Morgan fingerprint density at radius 1 is 1.33 bits per heavy atom. The molecule has 0 aliphatic carbocycles. The first-order valence-electron chi connectivity index (χ1n) is 8.38. The van der Waals surface area contributed by atoms with Crippen LogP contribution in [0, 0.1) is 0 Å². The van der Waals surface area contributed by atoms with E-state index < -0.39 is 16.1 Å². The number of benzene rings is 1. The summed E-state index contributed by atoms with van der Waals surface area (Å²) in [6, 6.07) is 7.12. The molecule has 1 aromatic carbocycles. The number of carbonyl (C=O) groups excluding carboxylic acids is 1. The van der Waals surface area contributed by atoms with E-state index in [4.69, 9.17) is 4.74 Å². The Kier molecular flexibility index (Phi) is 6.62. The van der Waals surface area contributed by atoms with Crippen LogP contribution in [0.2, 0.25) is 0 Å². The molecular weight excluding hydrogens is 328 g/mol. The molecule has 1 saturated heterocycles. The lowest BCUT2D eigenvalue weighted by atomic mass is 10.1. The smallest absolute Gasteiger partial charge is 0.238 e. The molecule has 1 fully saturated rings. The van der Waals surface area contributed by atoms with E-state index in [1.165, 1.54) is 4.31 Å². The third kappa shape index (κ3) is 4.70. The number of hydrogen-bond acceptors (Lipinski definition) is 4. The zero-order chi connectivity index (χ0) is 17.6. The van der Waals surface area contributed by atoms with Gasteiger partial charge in [-0.1, -0.05) is 19.1 Å². The zero-order valence-electron chi connectivity index (χ0n) is 14.3. The molecule has 1 unspecified atom stereocenters. The molecule has 1 heterocycles. The highest BCUT2D eigenvalue weighted by Gasteiger charge is 2.37. The number of nitrogens with zero attached hydrogens (tertiary/aromatic N) is 1. The fourth-order valence-electron chi connectivity index (χ4n) is 2.95. The summed E-state index contributed by atoms with van der Waals surface area (Å²) in [5.41, 5.74) is 1.10. The highest BCUT2D eigenvalue weighted by molar-refractivity contribution is 7.89. The van der Waals surface area contributed by atoms with Crippen LogP contribution in [-0.4, -0.2) is 50.6 Å². The van der Waals surface area contributed by atoms with E-state index in [-0.39, 0.29) is 11.7 Å². The van der Waals surface area contributed by atoms with Crippen molar-refractivity contribution in [1.29, 1.82) is 0 Å². The molecule has 1 aliphatic rings. The second-order valence-electron chi connectivity index (χ2n) is 5.97. The molecule has 134 valence electrons. The Morgan fingerprint density at radius 2 is 2.04 bits per heavy atom. The predicted molar refractivity (Wildman–Crippen MR) is 93.5 cm³/mol. The van der Waals surface area contributed by atoms with Gasteiger partial charge in [-0.3, -0.25) is 4.79 Å². The quantitative estimate of drug-likeness (QED) is 0.769. The summed E-state index contributed by atoms with van der Waals surface area (Å²) in [6.07, 6.45) is 2.59. The van der Waals surface area contributed by atoms with Crippen LogP contribution in [0.1, 0.15) is 31.7 Å². The van der Waals surface area contributed by atoms with Crippen LogP contribution >= 0.6 is 0 Å². The van der Waals surface area contributed by atoms with Crippen molar-refractivity contribution in [3.63, 3.8) is 0 Å². The Labute approximate surface area is 144 Å². The molecule has 0 aromatic heterocycles. The number of hydrogen-bond donors (Lipinski definition) is 1. The fourth-order valence-corrected chi connectivity index (χ4v) is 4.70. The Hall–Kier alpha value is -1.60. The van der Waals surface area contributed by atoms with E-state index in [0.29, 0.717) is 32.4 Å². The number of rotatable bonds is 8. The van der Waals surface area contributed by atoms with E-state index >= 15 is 0 Å². The summed E-state index contributed by atoms with van der Waals surface area (Å²) >= 11 is 0. The maximum Gasteiger partial charge on any atom is 0.238 e. The van der Waals surface area contributed by atoms with Crippen molar-refractivity contribution < 1.29 is 17.9 Å². The molecular formula is C17H26N2O4S. The SMILES string of the molecule is CCCS(=O)(=O)N1CCCC1C(=O)NCCc1ccc(OC)cc1. The molecule has 2 rings (SSSR count). The third-order valence-electron chi connectivity index (χ3n) is 4.20. The lowest BCUT2D eigenvalue weighted by Crippen LogP contribution is -2.46. The van der Waals surface area contributed by atoms with Gasteiger partial charge in [0.1, 0.15) is 11.8 Å². The number of methoxy groups -OCH3 is 1. The highest BCUT2D eigenvalue weighted by atomic mass is 32.2. The monoisotopic (exact) mass is 354 g/mol.